The Morgan fingerprint density at radius 1 is 0.822 bits per heavy atom. The summed E-state index contributed by atoms with van der Waals surface area (Å²) in [5.41, 5.74) is 3.40. The number of hydrogen-bond donors (Lipinski definition) is 0. The Hall–Kier alpha value is -4.52. The number of nitrogens with zero attached hydrogens (tertiary/aromatic N) is 1. The molecule has 5 aromatic rings. The van der Waals surface area contributed by atoms with E-state index in [1.165, 1.54) is 0 Å². The molecule has 0 bridgehead atoms. The third kappa shape index (κ3) is 3.95. The number of carbonyl (C=O) groups is 2. The first-order chi connectivity index (χ1) is 21.8. The predicted molar refractivity (Wildman–Crippen MR) is 173 cm³/mol. The van der Waals surface area contributed by atoms with Crippen molar-refractivity contribution in [2.24, 2.45) is 0 Å². The molecule has 0 saturated heterocycles. The van der Waals surface area contributed by atoms with Gasteiger partial charge in [-0.2, -0.15) is 0 Å². The molecule has 0 saturated carbocycles. The summed E-state index contributed by atoms with van der Waals surface area (Å²) in [4.78, 5) is 27.5. The number of rotatable bonds is 3. The van der Waals surface area contributed by atoms with Gasteiger partial charge < -0.3 is 29.4 Å². The minimum Gasteiger partial charge on any atom is -0.545 e. The Balaban J connectivity index is 1.72. The van der Waals surface area contributed by atoms with Crippen LogP contribution in [0, 0.1) is 0 Å². The second-order valence-electron chi connectivity index (χ2n) is 11.9. The Morgan fingerprint density at radius 3 is 2.24 bits per heavy atom. The van der Waals surface area contributed by atoms with Crippen molar-refractivity contribution in [1.29, 1.82) is 0 Å². The number of aromatic carboxylic acids is 2. The van der Waals surface area contributed by atoms with Gasteiger partial charge in [0.15, 0.2) is 0 Å². The van der Waals surface area contributed by atoms with Gasteiger partial charge in [-0.25, -0.2) is 0 Å². The maximum atomic E-state index is 12.9. The van der Waals surface area contributed by atoms with Crippen LogP contribution in [0.4, 0.5) is 5.69 Å². The number of carboxylic acid groups (broad SMARTS) is 2. The zero-order chi connectivity index (χ0) is 31.1. The van der Waals surface area contributed by atoms with Crippen LogP contribution in [0.25, 0.3) is 33.2 Å². The molecule has 2 aliphatic heterocycles. The fourth-order valence-corrected chi connectivity index (χ4v) is 8.23. The molecule has 0 N–H and O–H groups in total. The van der Waals surface area contributed by atoms with E-state index in [0.717, 1.165) is 88.3 Å². The smallest absolute Gasteiger partial charge is 0.141 e. The van der Waals surface area contributed by atoms with Gasteiger partial charge >= 0.3 is 0 Å². The van der Waals surface area contributed by atoms with E-state index in [-0.39, 0.29) is 21.2 Å². The average molecular weight is 635 g/mol. The summed E-state index contributed by atoms with van der Waals surface area (Å²) >= 11 is 13.5. The van der Waals surface area contributed by atoms with Crippen molar-refractivity contribution in [3.8, 4) is 11.5 Å². The van der Waals surface area contributed by atoms with Gasteiger partial charge in [0, 0.05) is 63.2 Å². The summed E-state index contributed by atoms with van der Waals surface area (Å²) in [5, 5.41) is 30.1. The van der Waals surface area contributed by atoms with E-state index in [4.69, 9.17) is 27.9 Å². The molecule has 0 amide bonds. The quantitative estimate of drug-likeness (QED) is 0.276. The van der Waals surface area contributed by atoms with Gasteiger partial charge in [0.25, 0.3) is 0 Å². The van der Waals surface area contributed by atoms with E-state index >= 15 is 0 Å². The number of benzene rings is 5. The molecule has 0 fully saturated rings. The maximum Gasteiger partial charge on any atom is 0.141 e. The van der Waals surface area contributed by atoms with Crippen molar-refractivity contribution < 1.29 is 24.5 Å². The SMILES string of the molecule is CN1CCCc2c3c(c4ccccc4c21)C(c1c(Cl)c(C(=O)[O-])cc(Cl)c1C(=O)[O-])=c1c(c2c(c4ccccc14)=CCCC2)O3. The molecule has 0 atom stereocenters. The zero-order valence-electron chi connectivity index (χ0n) is 24.3. The molecule has 0 spiro atoms. The van der Waals surface area contributed by atoms with Crippen molar-refractivity contribution >= 4 is 74.0 Å². The monoisotopic (exact) mass is 633 g/mol. The van der Waals surface area contributed by atoms with Crippen LogP contribution in [-0.2, 0) is 12.8 Å². The highest BCUT2D eigenvalue weighted by Crippen LogP contribution is 2.52. The number of carbonyl (C=O) groups excluding carboxylic acids is 2. The first kappa shape index (κ1) is 28.0. The van der Waals surface area contributed by atoms with Gasteiger partial charge in [0.05, 0.1) is 27.7 Å². The van der Waals surface area contributed by atoms with Gasteiger partial charge in [0.2, 0.25) is 0 Å². The van der Waals surface area contributed by atoms with Gasteiger partial charge in [-0.05, 0) is 59.5 Å². The van der Waals surface area contributed by atoms with Gasteiger partial charge in [-0.1, -0.05) is 77.8 Å². The first-order valence-electron chi connectivity index (χ1n) is 15.0. The predicted octanol–water partition coefficient (Wildman–Crippen LogP) is 4.88. The lowest BCUT2D eigenvalue weighted by Crippen LogP contribution is -2.32. The van der Waals surface area contributed by atoms with Crippen LogP contribution < -0.4 is 30.3 Å². The van der Waals surface area contributed by atoms with Crippen molar-refractivity contribution in [2.45, 2.75) is 32.1 Å². The molecule has 0 unspecified atom stereocenters. The topological polar surface area (TPSA) is 92.7 Å². The lowest BCUT2D eigenvalue weighted by molar-refractivity contribution is -0.256. The molecular formula is C37H25Cl2NO5-2. The van der Waals surface area contributed by atoms with E-state index in [2.05, 4.69) is 30.2 Å². The number of fused-ring (bicyclic) bond motifs is 12. The average Bonchev–Trinajstić information content (AvgIpc) is 3.04. The van der Waals surface area contributed by atoms with Crippen LogP contribution in [0.1, 0.15) is 62.2 Å². The number of anilines is 1. The van der Waals surface area contributed by atoms with E-state index in [0.29, 0.717) is 27.9 Å². The van der Waals surface area contributed by atoms with Crippen LogP contribution in [-0.4, -0.2) is 25.5 Å². The molecule has 1 aliphatic carbocycles. The number of ether oxygens (including phenoxy) is 1. The lowest BCUT2D eigenvalue weighted by atomic mass is 9.80. The molecule has 8 rings (SSSR count). The number of hydrogen-bond acceptors (Lipinski definition) is 6. The van der Waals surface area contributed by atoms with Crippen molar-refractivity contribution in [3.63, 3.8) is 0 Å². The highest BCUT2D eigenvalue weighted by Gasteiger charge is 2.35. The summed E-state index contributed by atoms with van der Waals surface area (Å²) in [6, 6.07) is 16.9. The van der Waals surface area contributed by atoms with Gasteiger partial charge in [0.1, 0.15) is 11.5 Å². The van der Waals surface area contributed by atoms with Crippen LogP contribution in [0.5, 0.6) is 11.5 Å². The fraction of sp³-hybridized carbons (Fsp3) is 0.189. The van der Waals surface area contributed by atoms with Crippen molar-refractivity contribution in [2.75, 3.05) is 18.5 Å². The molecule has 2 heterocycles. The van der Waals surface area contributed by atoms with E-state index in [1.807, 2.05) is 36.4 Å². The third-order valence-corrected chi connectivity index (χ3v) is 10.1. The van der Waals surface area contributed by atoms with Crippen molar-refractivity contribution in [1.82, 2.24) is 0 Å². The van der Waals surface area contributed by atoms with E-state index in [9.17, 15) is 19.8 Å². The molecule has 0 radical (unpaired) electrons. The normalized spacial score (nSPS) is 15.1. The Kier molecular flexibility index (Phi) is 6.38. The number of halogens is 2. The molecule has 5 aromatic carbocycles. The molecule has 3 aliphatic rings. The lowest BCUT2D eigenvalue weighted by Gasteiger charge is -2.35. The van der Waals surface area contributed by atoms with Crippen molar-refractivity contribution in [3.05, 3.63) is 108 Å². The minimum atomic E-state index is -1.57. The van der Waals surface area contributed by atoms with Gasteiger partial charge in [-0.15, -0.1) is 0 Å². The highest BCUT2D eigenvalue weighted by molar-refractivity contribution is 6.40. The molecule has 0 aromatic heterocycles. The largest absolute Gasteiger partial charge is 0.545 e. The molecule has 8 heteroatoms. The van der Waals surface area contributed by atoms with E-state index in [1.54, 1.807) is 0 Å². The molecule has 6 nitrogen and oxygen atoms in total. The second-order valence-corrected chi connectivity index (χ2v) is 12.6. The summed E-state index contributed by atoms with van der Waals surface area (Å²) < 4.78 is 7.10. The summed E-state index contributed by atoms with van der Waals surface area (Å²) in [6.45, 7) is 0.877. The standard InChI is InChI=1S/C37H27Cl2NO5/c1-40-16-8-15-24-33(40)22-13-6-5-12-21(22)28-30(31-29(37(43)44)26(38)17-25(32(31)39)36(41)42)27-20-11-4-2-9-18(20)19-10-3-7-14-23(19)34(27)45-35(24)28/h2,4-6,9-13,17H,3,7-8,14-16H2,1H3,(H,41,42)(H,43,44)/p-2. The van der Waals surface area contributed by atoms with Crippen LogP contribution in [0.2, 0.25) is 10.0 Å². The third-order valence-electron chi connectivity index (χ3n) is 9.43. The second kappa shape index (κ2) is 10.3. The Labute approximate surface area is 268 Å². The summed E-state index contributed by atoms with van der Waals surface area (Å²) in [6.07, 6.45) is 6.50. The number of carboxylic acids is 2. The van der Waals surface area contributed by atoms with E-state index < -0.39 is 17.5 Å². The van der Waals surface area contributed by atoms with Crippen LogP contribution in [0.15, 0.2) is 54.6 Å². The zero-order valence-corrected chi connectivity index (χ0v) is 25.8. The fourth-order valence-electron chi connectivity index (χ4n) is 7.63. The highest BCUT2D eigenvalue weighted by atomic mass is 35.5. The van der Waals surface area contributed by atoms with Crippen LogP contribution >= 0.6 is 23.2 Å². The Morgan fingerprint density at radius 2 is 1.51 bits per heavy atom. The summed E-state index contributed by atoms with van der Waals surface area (Å²) in [5.74, 6) is -1.89. The Bertz CT molecular complexity index is 2310. The minimum absolute atomic E-state index is 0.0201. The van der Waals surface area contributed by atoms with Crippen LogP contribution in [0.3, 0.4) is 0 Å². The first-order valence-corrected chi connectivity index (χ1v) is 15.7. The maximum absolute atomic E-state index is 12.9. The summed E-state index contributed by atoms with van der Waals surface area (Å²) in [7, 11) is 2.07. The molecule has 224 valence electrons. The van der Waals surface area contributed by atoms with Gasteiger partial charge in [-0.3, -0.25) is 0 Å². The molecular weight excluding hydrogens is 609 g/mol. The molecule has 45 heavy (non-hydrogen) atoms.